The van der Waals surface area contributed by atoms with Crippen LogP contribution in [0.3, 0.4) is 0 Å². The summed E-state index contributed by atoms with van der Waals surface area (Å²) in [6.45, 7) is 0.480. The van der Waals surface area contributed by atoms with Gasteiger partial charge in [0.2, 0.25) is 6.23 Å². The lowest BCUT2D eigenvalue weighted by Crippen LogP contribution is -2.33. The Hall–Kier alpha value is -3.96. The first-order valence-electron chi connectivity index (χ1n) is 11.9. The minimum Gasteiger partial charge on any atom is -0.497 e. The van der Waals surface area contributed by atoms with Crippen LogP contribution in [0.15, 0.2) is 102 Å². The predicted octanol–water partition coefficient (Wildman–Crippen LogP) is 7.17. The van der Waals surface area contributed by atoms with Crippen molar-refractivity contribution in [2.24, 2.45) is 5.10 Å². The fourth-order valence-corrected chi connectivity index (χ4v) is 4.81. The second-order valence-electron chi connectivity index (χ2n) is 8.87. The highest BCUT2D eigenvalue weighted by atomic mass is 35.5. The number of hydrogen-bond acceptors (Lipinski definition) is 5. The number of benzene rings is 4. The van der Waals surface area contributed by atoms with Gasteiger partial charge in [-0.1, -0.05) is 41.9 Å². The van der Waals surface area contributed by atoms with E-state index in [1.165, 1.54) is 0 Å². The summed E-state index contributed by atoms with van der Waals surface area (Å²) in [5.74, 6) is 2.53. The molecule has 2 heterocycles. The van der Waals surface area contributed by atoms with E-state index in [1.807, 2.05) is 72.8 Å². The Morgan fingerprint density at radius 1 is 0.889 bits per heavy atom. The van der Waals surface area contributed by atoms with Crippen LogP contribution in [0.2, 0.25) is 5.02 Å². The minimum atomic E-state index is -0.328. The van der Waals surface area contributed by atoms with Gasteiger partial charge in [0.1, 0.15) is 23.9 Å². The summed E-state index contributed by atoms with van der Waals surface area (Å²) in [7, 11) is 1.68. The third kappa shape index (κ3) is 4.38. The van der Waals surface area contributed by atoms with Crippen LogP contribution >= 0.6 is 11.6 Å². The highest BCUT2D eigenvalue weighted by molar-refractivity contribution is 6.30. The number of hydrogen-bond donors (Lipinski definition) is 0. The van der Waals surface area contributed by atoms with Crippen molar-refractivity contribution in [2.45, 2.75) is 25.3 Å². The first-order chi connectivity index (χ1) is 17.7. The molecule has 0 amide bonds. The molecular weight excluding hydrogens is 472 g/mol. The monoisotopic (exact) mass is 496 g/mol. The first kappa shape index (κ1) is 22.5. The molecule has 36 heavy (non-hydrogen) atoms. The Morgan fingerprint density at radius 2 is 1.61 bits per heavy atom. The van der Waals surface area contributed by atoms with E-state index in [2.05, 4.69) is 29.3 Å². The lowest BCUT2D eigenvalue weighted by molar-refractivity contribution is -0.0190. The second kappa shape index (κ2) is 9.59. The lowest BCUT2D eigenvalue weighted by Gasteiger charge is -2.38. The molecule has 4 aromatic rings. The molecule has 0 aliphatic carbocycles. The van der Waals surface area contributed by atoms with Crippen molar-refractivity contribution in [1.82, 2.24) is 5.01 Å². The molecule has 6 rings (SSSR count). The molecule has 0 spiro atoms. The van der Waals surface area contributed by atoms with Gasteiger partial charge in [0, 0.05) is 22.6 Å². The fourth-order valence-electron chi connectivity index (χ4n) is 4.69. The van der Waals surface area contributed by atoms with Gasteiger partial charge in [0.15, 0.2) is 0 Å². The summed E-state index contributed by atoms with van der Waals surface area (Å²) in [5, 5.41) is 7.85. The van der Waals surface area contributed by atoms with Crippen molar-refractivity contribution >= 4 is 17.3 Å². The fraction of sp³-hybridized carbons (Fsp3) is 0.167. The van der Waals surface area contributed by atoms with Crippen molar-refractivity contribution < 1.29 is 14.2 Å². The zero-order valence-corrected chi connectivity index (χ0v) is 20.6. The highest BCUT2D eigenvalue weighted by Gasteiger charge is 2.40. The molecule has 5 nitrogen and oxygen atoms in total. The highest BCUT2D eigenvalue weighted by Crippen LogP contribution is 2.47. The van der Waals surface area contributed by atoms with E-state index in [1.54, 1.807) is 7.11 Å². The van der Waals surface area contributed by atoms with Gasteiger partial charge < -0.3 is 14.2 Å². The molecular formula is C30H25ClN2O3. The molecule has 2 aliphatic heterocycles. The molecule has 2 atom stereocenters. The molecule has 4 aromatic carbocycles. The van der Waals surface area contributed by atoms with Gasteiger partial charge in [-0.15, -0.1) is 0 Å². The summed E-state index contributed by atoms with van der Waals surface area (Å²) < 4.78 is 17.8. The van der Waals surface area contributed by atoms with E-state index in [0.717, 1.165) is 56.7 Å². The quantitative estimate of drug-likeness (QED) is 0.284. The van der Waals surface area contributed by atoms with Crippen LogP contribution in [0.1, 0.15) is 40.9 Å². The summed E-state index contributed by atoms with van der Waals surface area (Å²) in [4.78, 5) is 0. The molecule has 6 heteroatoms. The first-order valence-corrected chi connectivity index (χ1v) is 12.3. The maximum atomic E-state index is 6.48. The van der Waals surface area contributed by atoms with E-state index < -0.39 is 0 Å². The van der Waals surface area contributed by atoms with Gasteiger partial charge in [0.05, 0.1) is 18.9 Å². The lowest BCUT2D eigenvalue weighted by atomic mass is 9.96. The van der Waals surface area contributed by atoms with E-state index in [0.29, 0.717) is 6.61 Å². The maximum Gasteiger partial charge on any atom is 0.213 e. The van der Waals surface area contributed by atoms with E-state index in [-0.39, 0.29) is 12.3 Å². The van der Waals surface area contributed by atoms with Crippen LogP contribution < -0.4 is 14.2 Å². The topological polar surface area (TPSA) is 43.3 Å². The van der Waals surface area contributed by atoms with Crippen molar-refractivity contribution in [2.75, 3.05) is 7.11 Å². The number of hydrazone groups is 1. The average molecular weight is 497 g/mol. The Labute approximate surface area is 215 Å². The van der Waals surface area contributed by atoms with E-state index in [4.69, 9.17) is 30.9 Å². The van der Waals surface area contributed by atoms with Gasteiger partial charge >= 0.3 is 0 Å². The summed E-state index contributed by atoms with van der Waals surface area (Å²) in [5.41, 5.74) is 5.37. The summed E-state index contributed by atoms with van der Waals surface area (Å²) in [6, 6.07) is 32.1. The Balaban J connectivity index is 1.25. The third-order valence-corrected chi connectivity index (χ3v) is 6.86. The van der Waals surface area contributed by atoms with E-state index >= 15 is 0 Å². The summed E-state index contributed by atoms with van der Waals surface area (Å²) in [6.07, 6.45) is 0.483. The normalized spacial score (nSPS) is 18.1. The van der Waals surface area contributed by atoms with Crippen LogP contribution in [0.5, 0.6) is 17.2 Å². The zero-order chi connectivity index (χ0) is 24.5. The Morgan fingerprint density at radius 3 is 2.36 bits per heavy atom. The molecule has 0 saturated heterocycles. The van der Waals surface area contributed by atoms with Gasteiger partial charge in [-0.3, -0.25) is 0 Å². The van der Waals surface area contributed by atoms with Gasteiger partial charge in [0.25, 0.3) is 0 Å². The van der Waals surface area contributed by atoms with Crippen molar-refractivity contribution in [3.05, 3.63) is 124 Å². The zero-order valence-electron chi connectivity index (χ0n) is 19.8. The molecule has 0 aromatic heterocycles. The van der Waals surface area contributed by atoms with Gasteiger partial charge in [-0.05, 0) is 77.9 Å². The van der Waals surface area contributed by atoms with Crippen molar-refractivity contribution in [3.8, 4) is 17.2 Å². The largest absolute Gasteiger partial charge is 0.497 e. The molecule has 180 valence electrons. The molecule has 0 unspecified atom stereocenters. The van der Waals surface area contributed by atoms with Crippen LogP contribution in [0.4, 0.5) is 0 Å². The second-order valence-corrected chi connectivity index (χ2v) is 9.30. The number of halogens is 1. The third-order valence-electron chi connectivity index (χ3n) is 6.61. The number of rotatable bonds is 6. The molecule has 0 bridgehead atoms. The maximum absolute atomic E-state index is 6.48. The molecule has 0 saturated carbocycles. The van der Waals surface area contributed by atoms with Crippen molar-refractivity contribution in [3.63, 3.8) is 0 Å². The Kier molecular flexibility index (Phi) is 5.99. The van der Waals surface area contributed by atoms with Gasteiger partial charge in [-0.2, -0.15) is 5.10 Å². The Bertz CT molecular complexity index is 1390. The average Bonchev–Trinajstić information content (AvgIpc) is 3.39. The van der Waals surface area contributed by atoms with Gasteiger partial charge in [-0.25, -0.2) is 5.01 Å². The smallest absolute Gasteiger partial charge is 0.213 e. The van der Waals surface area contributed by atoms with E-state index in [9.17, 15) is 0 Å². The minimum absolute atomic E-state index is 0.109. The number of methoxy groups -OCH3 is 1. The number of para-hydroxylation sites is 1. The van der Waals surface area contributed by atoms with Crippen LogP contribution in [0, 0.1) is 0 Å². The molecule has 2 aliphatic rings. The molecule has 0 N–H and O–H groups in total. The van der Waals surface area contributed by atoms with Crippen LogP contribution in [0.25, 0.3) is 0 Å². The molecule has 0 radical (unpaired) electrons. The standard InChI is InChI=1S/C30H25ClN2O3/c1-34-24-14-8-21(9-15-24)27-18-28-26-4-2-3-5-29(26)36-30(33(28)32-27)22-10-16-25(17-11-22)35-19-20-6-12-23(31)13-7-20/h2-17,28,30H,18-19H2,1H3/t28-,30-/m1/s1. The number of fused-ring (bicyclic) bond motifs is 3. The predicted molar refractivity (Wildman–Crippen MR) is 141 cm³/mol. The summed E-state index contributed by atoms with van der Waals surface area (Å²) >= 11 is 5.98. The van der Waals surface area contributed by atoms with Crippen LogP contribution in [-0.2, 0) is 6.61 Å². The SMILES string of the molecule is COc1ccc(C2=NN3[C@H](C2)c2ccccc2O[C@@H]3c2ccc(OCc3ccc(Cl)cc3)cc2)cc1. The number of ether oxygens (including phenoxy) is 3. The molecule has 0 fully saturated rings. The van der Waals surface area contributed by atoms with Crippen molar-refractivity contribution in [1.29, 1.82) is 0 Å². The number of nitrogens with zero attached hydrogens (tertiary/aromatic N) is 2. The van der Waals surface area contributed by atoms with Crippen LogP contribution in [-0.4, -0.2) is 17.8 Å².